The number of guanidine groups is 1. The van der Waals surface area contributed by atoms with E-state index in [0.717, 1.165) is 45.0 Å². The molecule has 1 aliphatic rings. The average Bonchev–Trinajstić information content (AvgIpc) is 3.17. The Morgan fingerprint density at radius 1 is 1.19 bits per heavy atom. The molecule has 1 aromatic carbocycles. The van der Waals surface area contributed by atoms with Gasteiger partial charge in [0.2, 0.25) is 0 Å². The van der Waals surface area contributed by atoms with Crippen LogP contribution in [0.1, 0.15) is 22.9 Å². The highest BCUT2D eigenvalue weighted by Gasteiger charge is 2.20. The third-order valence-corrected chi connectivity index (χ3v) is 5.75. The first-order valence-electron chi connectivity index (χ1n) is 9.04. The van der Waals surface area contributed by atoms with Gasteiger partial charge in [0.05, 0.1) is 0 Å². The predicted octanol–water partition coefficient (Wildman–Crippen LogP) is 3.52. The largest absolute Gasteiger partial charge is 0.356 e. The van der Waals surface area contributed by atoms with Gasteiger partial charge in [0.25, 0.3) is 0 Å². The number of nitrogens with zero attached hydrogens (tertiary/aromatic N) is 2. The molecule has 1 atom stereocenters. The molecule has 0 saturated carbocycles. The van der Waals surface area contributed by atoms with Gasteiger partial charge in [-0.25, -0.2) is 0 Å². The number of fused-ring (bicyclic) bond motifs is 1. The Kier molecular flexibility index (Phi) is 8.87. The van der Waals surface area contributed by atoms with Gasteiger partial charge in [0, 0.05) is 44.1 Å². The Morgan fingerprint density at radius 3 is 2.73 bits per heavy atom. The summed E-state index contributed by atoms with van der Waals surface area (Å²) in [5.41, 5.74) is 2.98. The van der Waals surface area contributed by atoms with Crippen molar-refractivity contribution in [1.29, 1.82) is 0 Å². The molecule has 6 heteroatoms. The van der Waals surface area contributed by atoms with Crippen molar-refractivity contribution in [1.82, 2.24) is 15.5 Å². The predicted molar refractivity (Wildman–Crippen MR) is 123 cm³/mol. The normalized spacial score (nSPS) is 15.7. The lowest BCUT2D eigenvalue weighted by molar-refractivity contribution is 0.191. The summed E-state index contributed by atoms with van der Waals surface area (Å²) in [5, 5.41) is 9.01. The van der Waals surface area contributed by atoms with E-state index in [2.05, 4.69) is 69.2 Å². The van der Waals surface area contributed by atoms with Crippen molar-refractivity contribution in [3.8, 4) is 0 Å². The fourth-order valence-electron chi connectivity index (χ4n) is 3.25. The van der Waals surface area contributed by atoms with Gasteiger partial charge in [-0.1, -0.05) is 30.3 Å². The molecular formula is C20H29IN4S. The highest BCUT2D eigenvalue weighted by molar-refractivity contribution is 14.0. The monoisotopic (exact) mass is 484 g/mol. The summed E-state index contributed by atoms with van der Waals surface area (Å²) in [6.07, 6.45) is 2.19. The minimum absolute atomic E-state index is 0. The number of benzene rings is 1. The number of nitrogens with one attached hydrogen (secondary N) is 2. The quantitative estimate of drug-likeness (QED) is 0.375. The summed E-state index contributed by atoms with van der Waals surface area (Å²) < 4.78 is 0. The molecule has 0 fully saturated rings. The van der Waals surface area contributed by atoms with Crippen LogP contribution in [0, 0.1) is 0 Å². The molecule has 1 aliphatic heterocycles. The molecule has 0 radical (unpaired) electrons. The van der Waals surface area contributed by atoms with Crippen molar-refractivity contribution >= 4 is 41.3 Å². The molecular weight excluding hydrogens is 455 g/mol. The van der Waals surface area contributed by atoms with Crippen LogP contribution in [0.25, 0.3) is 0 Å². The molecule has 26 heavy (non-hydrogen) atoms. The standard InChI is InChI=1S/C20H28N4S.HI/c1-16(24-12-10-17-6-3-4-7-18(17)15-24)14-23-20(21-2)22-11-9-19-8-5-13-25-19;/h3-8,13,16H,9-12,14-15H2,1-2H3,(H2,21,22,23);1H. The zero-order valence-corrected chi connectivity index (χ0v) is 18.7. The van der Waals surface area contributed by atoms with E-state index in [1.54, 1.807) is 11.3 Å². The first-order chi connectivity index (χ1) is 12.3. The summed E-state index contributed by atoms with van der Waals surface area (Å²) >= 11 is 1.81. The van der Waals surface area contributed by atoms with E-state index in [1.165, 1.54) is 16.0 Å². The molecule has 0 amide bonds. The zero-order valence-electron chi connectivity index (χ0n) is 15.6. The van der Waals surface area contributed by atoms with Gasteiger partial charge in [0.15, 0.2) is 5.96 Å². The van der Waals surface area contributed by atoms with E-state index in [4.69, 9.17) is 0 Å². The average molecular weight is 484 g/mol. The van der Waals surface area contributed by atoms with Gasteiger partial charge >= 0.3 is 0 Å². The van der Waals surface area contributed by atoms with Crippen LogP contribution in [0.5, 0.6) is 0 Å². The summed E-state index contributed by atoms with van der Waals surface area (Å²) in [4.78, 5) is 8.29. The first kappa shape index (κ1) is 21.2. The maximum absolute atomic E-state index is 4.34. The Labute approximate surface area is 178 Å². The lowest BCUT2D eigenvalue weighted by atomic mass is 9.99. The summed E-state index contributed by atoms with van der Waals surface area (Å²) in [5.74, 6) is 0.890. The number of aliphatic imine (C=N–C) groups is 1. The number of hydrogen-bond donors (Lipinski definition) is 2. The lowest BCUT2D eigenvalue weighted by Crippen LogP contribution is -2.47. The highest BCUT2D eigenvalue weighted by Crippen LogP contribution is 2.19. The van der Waals surface area contributed by atoms with E-state index in [1.807, 2.05) is 7.05 Å². The second kappa shape index (κ2) is 10.9. The van der Waals surface area contributed by atoms with Crippen molar-refractivity contribution in [3.05, 3.63) is 57.8 Å². The highest BCUT2D eigenvalue weighted by atomic mass is 127. The molecule has 3 rings (SSSR count). The van der Waals surface area contributed by atoms with Crippen molar-refractivity contribution in [3.63, 3.8) is 0 Å². The fraction of sp³-hybridized carbons (Fsp3) is 0.450. The molecule has 1 aromatic heterocycles. The summed E-state index contributed by atoms with van der Waals surface area (Å²) in [7, 11) is 1.84. The minimum atomic E-state index is 0. The second-order valence-corrected chi connectivity index (χ2v) is 7.58. The second-order valence-electron chi connectivity index (χ2n) is 6.55. The third kappa shape index (κ3) is 5.96. The molecule has 142 valence electrons. The SMILES string of the molecule is CN=C(NCCc1cccs1)NCC(C)N1CCc2ccccc2C1.I. The number of halogens is 1. The smallest absolute Gasteiger partial charge is 0.191 e. The van der Waals surface area contributed by atoms with Crippen molar-refractivity contribution < 1.29 is 0 Å². The molecule has 0 bridgehead atoms. The zero-order chi connectivity index (χ0) is 17.5. The Morgan fingerprint density at radius 2 is 2.00 bits per heavy atom. The van der Waals surface area contributed by atoms with E-state index >= 15 is 0 Å². The molecule has 4 nitrogen and oxygen atoms in total. The van der Waals surface area contributed by atoms with Crippen LogP contribution >= 0.6 is 35.3 Å². The van der Waals surface area contributed by atoms with Crippen LogP contribution < -0.4 is 10.6 Å². The number of thiophene rings is 1. The fourth-order valence-corrected chi connectivity index (χ4v) is 3.96. The van der Waals surface area contributed by atoms with Gasteiger partial charge < -0.3 is 10.6 Å². The molecule has 0 spiro atoms. The van der Waals surface area contributed by atoms with E-state index in [9.17, 15) is 0 Å². The maximum Gasteiger partial charge on any atom is 0.191 e. The van der Waals surface area contributed by atoms with E-state index < -0.39 is 0 Å². The Hall–Kier alpha value is -1.12. The molecule has 0 saturated heterocycles. The summed E-state index contributed by atoms with van der Waals surface area (Å²) in [6.45, 7) is 6.28. The van der Waals surface area contributed by atoms with Crippen LogP contribution in [-0.4, -0.2) is 43.6 Å². The van der Waals surface area contributed by atoms with Crippen molar-refractivity contribution in [2.45, 2.75) is 32.4 Å². The van der Waals surface area contributed by atoms with Gasteiger partial charge in [-0.15, -0.1) is 35.3 Å². The van der Waals surface area contributed by atoms with Crippen LogP contribution in [0.3, 0.4) is 0 Å². The lowest BCUT2D eigenvalue weighted by Gasteiger charge is -2.34. The van der Waals surface area contributed by atoms with Gasteiger partial charge in [0.1, 0.15) is 0 Å². The Bertz CT molecular complexity index is 687. The van der Waals surface area contributed by atoms with Crippen LogP contribution in [0.15, 0.2) is 46.8 Å². The third-order valence-electron chi connectivity index (χ3n) is 4.82. The van der Waals surface area contributed by atoms with Gasteiger partial charge in [-0.2, -0.15) is 0 Å². The first-order valence-corrected chi connectivity index (χ1v) is 9.92. The molecule has 2 aromatic rings. The Balaban J connectivity index is 0.00000243. The maximum atomic E-state index is 4.34. The van der Waals surface area contributed by atoms with Crippen LogP contribution in [-0.2, 0) is 19.4 Å². The topological polar surface area (TPSA) is 39.7 Å². The van der Waals surface area contributed by atoms with E-state index in [0.29, 0.717) is 6.04 Å². The minimum Gasteiger partial charge on any atom is -0.356 e. The van der Waals surface area contributed by atoms with Crippen LogP contribution in [0.2, 0.25) is 0 Å². The van der Waals surface area contributed by atoms with E-state index in [-0.39, 0.29) is 24.0 Å². The van der Waals surface area contributed by atoms with Gasteiger partial charge in [-0.3, -0.25) is 9.89 Å². The molecule has 2 N–H and O–H groups in total. The number of hydrogen-bond acceptors (Lipinski definition) is 3. The molecule has 1 unspecified atom stereocenters. The summed E-state index contributed by atoms with van der Waals surface area (Å²) in [6, 6.07) is 13.6. The van der Waals surface area contributed by atoms with Crippen molar-refractivity contribution in [2.24, 2.45) is 4.99 Å². The molecule has 2 heterocycles. The molecule has 0 aliphatic carbocycles. The van der Waals surface area contributed by atoms with Crippen molar-refractivity contribution in [2.75, 3.05) is 26.7 Å². The van der Waals surface area contributed by atoms with Crippen LogP contribution in [0.4, 0.5) is 0 Å². The van der Waals surface area contributed by atoms with Gasteiger partial charge in [-0.05, 0) is 42.3 Å². The number of rotatable bonds is 6.